The minimum absolute atomic E-state index is 0.105. The fourth-order valence-electron chi connectivity index (χ4n) is 1.80. The minimum Gasteiger partial charge on any atom is -0.465 e. The number of furan rings is 1. The molecular formula is C16H14N2O6. The molecule has 0 atom stereocenters. The third kappa shape index (κ3) is 4.80. The predicted molar refractivity (Wildman–Crippen MR) is 85.2 cm³/mol. The second-order valence-corrected chi connectivity index (χ2v) is 4.76. The number of anilines is 1. The van der Waals surface area contributed by atoms with Crippen LogP contribution in [0, 0.1) is 17.0 Å². The van der Waals surface area contributed by atoms with Crippen LogP contribution in [0.25, 0.3) is 6.08 Å². The highest BCUT2D eigenvalue weighted by Crippen LogP contribution is 2.22. The molecule has 8 nitrogen and oxygen atoms in total. The van der Waals surface area contributed by atoms with Crippen molar-refractivity contribution in [1.82, 2.24) is 0 Å². The molecule has 0 radical (unpaired) electrons. The summed E-state index contributed by atoms with van der Waals surface area (Å²) in [6, 6.07) is 7.61. The number of nitrogens with one attached hydrogen (secondary N) is 1. The molecule has 24 heavy (non-hydrogen) atoms. The van der Waals surface area contributed by atoms with Gasteiger partial charge in [0, 0.05) is 23.4 Å². The molecule has 0 saturated carbocycles. The van der Waals surface area contributed by atoms with E-state index >= 15 is 0 Å². The Kier molecular flexibility index (Phi) is 5.45. The fraction of sp³-hybridized carbons (Fsp3) is 0.125. The second-order valence-electron chi connectivity index (χ2n) is 4.76. The van der Waals surface area contributed by atoms with Crippen LogP contribution >= 0.6 is 0 Å². The Labute approximate surface area is 136 Å². The van der Waals surface area contributed by atoms with E-state index in [4.69, 9.17) is 9.15 Å². The molecule has 1 aromatic heterocycles. The van der Waals surface area contributed by atoms with Gasteiger partial charge in [0.25, 0.3) is 11.6 Å². The van der Waals surface area contributed by atoms with Gasteiger partial charge in [-0.3, -0.25) is 14.9 Å². The number of benzene rings is 1. The van der Waals surface area contributed by atoms with E-state index < -0.39 is 23.4 Å². The van der Waals surface area contributed by atoms with Crippen molar-refractivity contribution in [3.05, 3.63) is 64.1 Å². The zero-order valence-electron chi connectivity index (χ0n) is 12.7. The van der Waals surface area contributed by atoms with Gasteiger partial charge in [0.1, 0.15) is 5.76 Å². The lowest BCUT2D eigenvalue weighted by Crippen LogP contribution is -2.20. The molecule has 1 heterocycles. The van der Waals surface area contributed by atoms with Crippen LogP contribution in [0.2, 0.25) is 0 Å². The van der Waals surface area contributed by atoms with Crippen LogP contribution in [-0.2, 0) is 14.3 Å². The van der Waals surface area contributed by atoms with Crippen LogP contribution in [-0.4, -0.2) is 23.4 Å². The van der Waals surface area contributed by atoms with Crippen LogP contribution in [0.1, 0.15) is 11.3 Å². The normalized spacial score (nSPS) is 10.5. The molecular weight excluding hydrogens is 316 g/mol. The fourth-order valence-corrected chi connectivity index (χ4v) is 1.80. The number of nitrogens with zero attached hydrogens (tertiary/aromatic N) is 1. The number of aryl methyl sites for hydroxylation is 1. The SMILES string of the molecule is Cc1ccc(NC(=O)COC(=O)/C=C/c2ccco2)cc1[N+](=O)[O-]. The number of rotatable bonds is 6. The van der Waals surface area contributed by atoms with Gasteiger partial charge >= 0.3 is 5.97 Å². The molecule has 0 saturated heterocycles. The summed E-state index contributed by atoms with van der Waals surface area (Å²) in [5, 5.41) is 13.3. The van der Waals surface area contributed by atoms with Gasteiger partial charge in [-0.1, -0.05) is 6.07 Å². The molecule has 124 valence electrons. The standard InChI is InChI=1S/C16H14N2O6/c1-11-4-5-12(9-14(11)18(21)22)17-15(19)10-24-16(20)7-6-13-3-2-8-23-13/h2-9H,10H2,1H3,(H,17,19)/b7-6+. The monoisotopic (exact) mass is 330 g/mol. The van der Waals surface area contributed by atoms with Gasteiger partial charge in [-0.15, -0.1) is 0 Å². The van der Waals surface area contributed by atoms with Crippen molar-refractivity contribution in [3.63, 3.8) is 0 Å². The molecule has 0 unspecified atom stereocenters. The summed E-state index contributed by atoms with van der Waals surface area (Å²) in [7, 11) is 0. The molecule has 0 spiro atoms. The van der Waals surface area contributed by atoms with Gasteiger partial charge in [-0.05, 0) is 31.2 Å². The average molecular weight is 330 g/mol. The number of amides is 1. The first-order chi connectivity index (χ1) is 11.5. The minimum atomic E-state index is -0.712. The first-order valence-corrected chi connectivity index (χ1v) is 6.89. The molecule has 0 fully saturated rings. The maximum atomic E-state index is 11.7. The number of hydrogen-bond acceptors (Lipinski definition) is 6. The van der Waals surface area contributed by atoms with E-state index in [2.05, 4.69) is 5.32 Å². The molecule has 0 bridgehead atoms. The van der Waals surface area contributed by atoms with Gasteiger partial charge in [0.2, 0.25) is 0 Å². The number of hydrogen-bond donors (Lipinski definition) is 1. The highest BCUT2D eigenvalue weighted by Gasteiger charge is 2.13. The van der Waals surface area contributed by atoms with Crippen molar-refractivity contribution in [2.24, 2.45) is 0 Å². The summed E-state index contributed by atoms with van der Waals surface area (Å²) in [5.41, 5.74) is 0.623. The van der Waals surface area contributed by atoms with Crippen molar-refractivity contribution < 1.29 is 23.7 Å². The van der Waals surface area contributed by atoms with E-state index in [0.717, 1.165) is 6.08 Å². The lowest BCUT2D eigenvalue weighted by molar-refractivity contribution is -0.385. The third-order valence-electron chi connectivity index (χ3n) is 2.96. The van der Waals surface area contributed by atoms with Crippen molar-refractivity contribution >= 4 is 29.3 Å². The Hall–Kier alpha value is -3.42. The first kappa shape index (κ1) is 16.9. The number of esters is 1. The molecule has 0 aliphatic heterocycles. The highest BCUT2D eigenvalue weighted by molar-refractivity contribution is 5.94. The molecule has 8 heteroatoms. The summed E-state index contributed by atoms with van der Waals surface area (Å²) in [6.07, 6.45) is 3.99. The maximum absolute atomic E-state index is 11.7. The summed E-state index contributed by atoms with van der Waals surface area (Å²) in [5.74, 6) is -0.840. The van der Waals surface area contributed by atoms with Gasteiger partial charge in [-0.2, -0.15) is 0 Å². The predicted octanol–water partition coefficient (Wildman–Crippen LogP) is 2.69. The molecule has 1 amide bonds. The van der Waals surface area contributed by atoms with E-state index in [9.17, 15) is 19.7 Å². The summed E-state index contributed by atoms with van der Waals surface area (Å²) in [6.45, 7) is 1.08. The lowest BCUT2D eigenvalue weighted by atomic mass is 10.2. The van der Waals surface area contributed by atoms with E-state index in [1.54, 1.807) is 19.1 Å². The molecule has 2 aromatic rings. The van der Waals surface area contributed by atoms with E-state index in [-0.39, 0.29) is 11.4 Å². The highest BCUT2D eigenvalue weighted by atomic mass is 16.6. The van der Waals surface area contributed by atoms with Gasteiger partial charge < -0.3 is 14.5 Å². The smallest absolute Gasteiger partial charge is 0.331 e. The number of nitro groups is 1. The van der Waals surface area contributed by atoms with Crippen LogP contribution in [0.5, 0.6) is 0 Å². The number of nitro benzene ring substituents is 1. The first-order valence-electron chi connectivity index (χ1n) is 6.89. The Morgan fingerprint density at radius 3 is 2.83 bits per heavy atom. The van der Waals surface area contributed by atoms with Crippen LogP contribution in [0.4, 0.5) is 11.4 Å². The number of carbonyl (C=O) groups is 2. The van der Waals surface area contributed by atoms with E-state index in [1.807, 2.05) is 0 Å². The molecule has 0 aliphatic rings. The topological polar surface area (TPSA) is 112 Å². The van der Waals surface area contributed by atoms with E-state index in [0.29, 0.717) is 11.3 Å². The third-order valence-corrected chi connectivity index (χ3v) is 2.96. The van der Waals surface area contributed by atoms with Gasteiger partial charge in [-0.25, -0.2) is 4.79 Å². The van der Waals surface area contributed by atoms with Crippen molar-refractivity contribution in [2.45, 2.75) is 6.92 Å². The molecule has 0 aliphatic carbocycles. The summed E-state index contributed by atoms with van der Waals surface area (Å²) < 4.78 is 9.76. The largest absolute Gasteiger partial charge is 0.465 e. The van der Waals surface area contributed by atoms with Crippen LogP contribution < -0.4 is 5.32 Å². The zero-order valence-corrected chi connectivity index (χ0v) is 12.7. The number of carbonyl (C=O) groups excluding carboxylic acids is 2. The summed E-state index contributed by atoms with van der Waals surface area (Å²) >= 11 is 0. The van der Waals surface area contributed by atoms with Crippen molar-refractivity contribution in [2.75, 3.05) is 11.9 Å². The lowest BCUT2D eigenvalue weighted by Gasteiger charge is -2.06. The van der Waals surface area contributed by atoms with Crippen LogP contribution in [0.15, 0.2) is 47.1 Å². The molecule has 2 rings (SSSR count). The molecule has 1 N–H and O–H groups in total. The van der Waals surface area contributed by atoms with Crippen molar-refractivity contribution in [3.8, 4) is 0 Å². The van der Waals surface area contributed by atoms with Gasteiger partial charge in [0.15, 0.2) is 6.61 Å². The summed E-state index contributed by atoms with van der Waals surface area (Å²) in [4.78, 5) is 33.5. The van der Waals surface area contributed by atoms with Crippen molar-refractivity contribution in [1.29, 1.82) is 0 Å². The van der Waals surface area contributed by atoms with E-state index in [1.165, 1.54) is 30.5 Å². The Bertz CT molecular complexity index is 780. The Balaban J connectivity index is 1.86. The number of ether oxygens (including phenoxy) is 1. The second kappa shape index (κ2) is 7.73. The Morgan fingerprint density at radius 2 is 2.17 bits per heavy atom. The average Bonchev–Trinajstić information content (AvgIpc) is 3.06. The quantitative estimate of drug-likeness (QED) is 0.377. The zero-order chi connectivity index (χ0) is 17.5. The van der Waals surface area contributed by atoms with Gasteiger partial charge in [0.05, 0.1) is 11.2 Å². The Morgan fingerprint density at radius 1 is 1.38 bits per heavy atom. The van der Waals surface area contributed by atoms with Crippen LogP contribution in [0.3, 0.4) is 0 Å². The maximum Gasteiger partial charge on any atom is 0.331 e. The molecule has 1 aromatic carbocycles.